The molecule has 2 atom stereocenters. The Bertz CT molecular complexity index is 545. The molecule has 106 valence electrons. The van der Waals surface area contributed by atoms with E-state index in [-0.39, 0.29) is 10.8 Å². The predicted octanol–water partition coefficient (Wildman–Crippen LogP) is 0.802. The molecule has 6 heteroatoms. The van der Waals surface area contributed by atoms with Crippen LogP contribution in [0.1, 0.15) is 13.3 Å². The van der Waals surface area contributed by atoms with Gasteiger partial charge < -0.3 is 10.0 Å². The van der Waals surface area contributed by atoms with Crippen LogP contribution in [0.3, 0.4) is 0 Å². The molecule has 0 saturated carbocycles. The Balaban J connectivity index is 2.36. The molecule has 1 aliphatic rings. The Morgan fingerprint density at radius 2 is 2.05 bits per heavy atom. The number of para-hydroxylation sites is 1. The van der Waals surface area contributed by atoms with Gasteiger partial charge in [-0.2, -0.15) is 0 Å². The molecule has 1 fully saturated rings. The van der Waals surface area contributed by atoms with Crippen molar-refractivity contribution in [3.05, 3.63) is 24.3 Å². The number of anilines is 1. The van der Waals surface area contributed by atoms with E-state index in [1.54, 1.807) is 18.2 Å². The molecule has 0 bridgehead atoms. The number of nitrogens with one attached hydrogen (secondary N) is 1. The number of aliphatic hydroxyl groups excluding tert-OH is 1. The minimum atomic E-state index is -3.48. The number of sulfonamides is 1. The summed E-state index contributed by atoms with van der Waals surface area (Å²) < 4.78 is 26.4. The quantitative estimate of drug-likeness (QED) is 0.861. The van der Waals surface area contributed by atoms with Crippen molar-refractivity contribution in [3.63, 3.8) is 0 Å². The second-order valence-electron chi connectivity index (χ2n) is 4.95. The molecular weight excluding hydrogens is 264 g/mol. The second kappa shape index (κ2) is 5.48. The summed E-state index contributed by atoms with van der Waals surface area (Å²) >= 11 is 0. The smallest absolute Gasteiger partial charge is 0.242 e. The average Bonchev–Trinajstić information content (AvgIpc) is 2.42. The molecule has 1 aromatic carbocycles. The first-order chi connectivity index (χ1) is 8.95. The normalized spacial score (nSPS) is 24.5. The highest BCUT2D eigenvalue weighted by atomic mass is 32.2. The second-order valence-corrected chi connectivity index (χ2v) is 6.81. The molecule has 19 heavy (non-hydrogen) atoms. The van der Waals surface area contributed by atoms with E-state index in [0.29, 0.717) is 12.2 Å². The summed E-state index contributed by atoms with van der Waals surface area (Å²) in [4.78, 5) is 2.20. The molecule has 1 heterocycles. The maximum absolute atomic E-state index is 12.0. The van der Waals surface area contributed by atoms with Gasteiger partial charge in [0.05, 0.1) is 11.8 Å². The van der Waals surface area contributed by atoms with E-state index < -0.39 is 16.1 Å². The van der Waals surface area contributed by atoms with Crippen molar-refractivity contribution in [1.82, 2.24) is 4.72 Å². The number of benzene rings is 1. The summed E-state index contributed by atoms with van der Waals surface area (Å²) in [5.41, 5.74) is 0.655. The van der Waals surface area contributed by atoms with Gasteiger partial charge in [0.15, 0.2) is 0 Å². The molecular formula is C13H20N2O3S. The summed E-state index contributed by atoms with van der Waals surface area (Å²) in [6.45, 7) is 3.24. The van der Waals surface area contributed by atoms with Gasteiger partial charge in [0.25, 0.3) is 0 Å². The number of hydrogen-bond acceptors (Lipinski definition) is 4. The predicted molar refractivity (Wildman–Crippen MR) is 74.7 cm³/mol. The van der Waals surface area contributed by atoms with Crippen LogP contribution in [0, 0.1) is 5.92 Å². The average molecular weight is 284 g/mol. The zero-order valence-electron chi connectivity index (χ0n) is 11.2. The first-order valence-electron chi connectivity index (χ1n) is 6.41. The molecule has 0 spiro atoms. The molecule has 1 saturated heterocycles. The Kier molecular flexibility index (Phi) is 4.13. The van der Waals surface area contributed by atoms with Crippen molar-refractivity contribution in [2.45, 2.75) is 24.3 Å². The molecule has 2 N–H and O–H groups in total. The first kappa shape index (κ1) is 14.3. The molecule has 0 aromatic heterocycles. The maximum Gasteiger partial charge on any atom is 0.242 e. The van der Waals surface area contributed by atoms with Crippen molar-refractivity contribution in [1.29, 1.82) is 0 Å². The molecule has 0 radical (unpaired) electrons. The van der Waals surface area contributed by atoms with Crippen molar-refractivity contribution in [2.24, 2.45) is 5.92 Å². The minimum Gasteiger partial charge on any atom is -0.391 e. The molecule has 1 aromatic rings. The summed E-state index contributed by atoms with van der Waals surface area (Å²) in [6, 6.07) is 6.89. The van der Waals surface area contributed by atoms with Crippen LogP contribution in [0.2, 0.25) is 0 Å². The summed E-state index contributed by atoms with van der Waals surface area (Å²) in [7, 11) is -2.08. The van der Waals surface area contributed by atoms with Crippen LogP contribution in [0.4, 0.5) is 5.69 Å². The number of β-amino-alcohol motifs (C(OH)–C–C–N with tert-alkyl or cyclic N) is 1. The first-order valence-corrected chi connectivity index (χ1v) is 7.89. The van der Waals surface area contributed by atoms with Gasteiger partial charge in [0.1, 0.15) is 4.90 Å². The fourth-order valence-electron chi connectivity index (χ4n) is 2.32. The Labute approximate surface area is 114 Å². The SMILES string of the molecule is CNS(=O)(=O)c1ccccc1N1CCC(C)C(O)C1. The van der Waals surface area contributed by atoms with Crippen LogP contribution in [-0.4, -0.2) is 39.8 Å². The fourth-order valence-corrected chi connectivity index (χ4v) is 3.27. The molecule has 5 nitrogen and oxygen atoms in total. The third-order valence-electron chi connectivity index (χ3n) is 3.68. The largest absolute Gasteiger partial charge is 0.391 e. The van der Waals surface area contributed by atoms with Crippen molar-refractivity contribution in [3.8, 4) is 0 Å². The molecule has 2 unspecified atom stereocenters. The van der Waals surface area contributed by atoms with Crippen LogP contribution in [0.5, 0.6) is 0 Å². The van der Waals surface area contributed by atoms with E-state index in [1.807, 2.05) is 17.9 Å². The van der Waals surface area contributed by atoms with Gasteiger partial charge in [-0.25, -0.2) is 13.1 Å². The highest BCUT2D eigenvalue weighted by Crippen LogP contribution is 2.28. The number of nitrogens with zero attached hydrogens (tertiary/aromatic N) is 1. The lowest BCUT2D eigenvalue weighted by atomic mass is 9.96. The molecule has 0 amide bonds. The van der Waals surface area contributed by atoms with Gasteiger partial charge in [-0.1, -0.05) is 19.1 Å². The highest BCUT2D eigenvalue weighted by molar-refractivity contribution is 7.89. The van der Waals surface area contributed by atoms with E-state index in [9.17, 15) is 13.5 Å². The van der Waals surface area contributed by atoms with Crippen LogP contribution >= 0.6 is 0 Å². The van der Waals surface area contributed by atoms with Crippen LogP contribution in [0.25, 0.3) is 0 Å². The van der Waals surface area contributed by atoms with E-state index in [4.69, 9.17) is 0 Å². The summed E-state index contributed by atoms with van der Waals surface area (Å²) in [5, 5.41) is 9.95. The van der Waals surface area contributed by atoms with Gasteiger partial charge >= 0.3 is 0 Å². The van der Waals surface area contributed by atoms with E-state index in [1.165, 1.54) is 7.05 Å². The van der Waals surface area contributed by atoms with E-state index >= 15 is 0 Å². The molecule has 2 rings (SSSR count). The zero-order valence-corrected chi connectivity index (χ0v) is 12.0. The highest BCUT2D eigenvalue weighted by Gasteiger charge is 2.27. The Hall–Kier alpha value is -1.11. The van der Waals surface area contributed by atoms with Gasteiger partial charge in [0, 0.05) is 13.1 Å². The number of rotatable bonds is 3. The van der Waals surface area contributed by atoms with Crippen molar-refractivity contribution in [2.75, 3.05) is 25.0 Å². The number of aliphatic hydroxyl groups is 1. The minimum absolute atomic E-state index is 0.254. The third kappa shape index (κ3) is 2.91. The van der Waals surface area contributed by atoms with Crippen molar-refractivity contribution >= 4 is 15.7 Å². The lowest BCUT2D eigenvalue weighted by molar-refractivity contribution is 0.103. The van der Waals surface area contributed by atoms with E-state index in [0.717, 1.165) is 13.0 Å². The van der Waals surface area contributed by atoms with Gasteiger partial charge in [-0.3, -0.25) is 0 Å². The van der Waals surface area contributed by atoms with Gasteiger partial charge in [-0.05, 0) is 31.5 Å². The number of piperidine rings is 1. The van der Waals surface area contributed by atoms with Crippen LogP contribution < -0.4 is 9.62 Å². The third-order valence-corrected chi connectivity index (χ3v) is 5.14. The Morgan fingerprint density at radius 1 is 1.37 bits per heavy atom. The summed E-state index contributed by atoms with van der Waals surface area (Å²) in [6.07, 6.45) is 0.439. The Morgan fingerprint density at radius 3 is 2.68 bits per heavy atom. The van der Waals surface area contributed by atoms with Gasteiger partial charge in [0.2, 0.25) is 10.0 Å². The lowest BCUT2D eigenvalue weighted by Crippen LogP contribution is -2.43. The fraction of sp³-hybridized carbons (Fsp3) is 0.538. The molecule has 1 aliphatic heterocycles. The monoisotopic (exact) mass is 284 g/mol. The maximum atomic E-state index is 12.0. The van der Waals surface area contributed by atoms with Gasteiger partial charge in [-0.15, -0.1) is 0 Å². The van der Waals surface area contributed by atoms with E-state index in [2.05, 4.69) is 4.72 Å². The number of hydrogen-bond donors (Lipinski definition) is 2. The standard InChI is InChI=1S/C13H20N2O3S/c1-10-7-8-15(9-12(10)16)11-5-3-4-6-13(11)19(17,18)14-2/h3-6,10,12,14,16H,7-9H2,1-2H3. The van der Waals surface area contributed by atoms with Crippen LogP contribution in [0.15, 0.2) is 29.2 Å². The lowest BCUT2D eigenvalue weighted by Gasteiger charge is -2.36. The zero-order chi connectivity index (χ0) is 14.0. The molecule has 0 aliphatic carbocycles. The van der Waals surface area contributed by atoms with Crippen molar-refractivity contribution < 1.29 is 13.5 Å². The van der Waals surface area contributed by atoms with Crippen LogP contribution in [-0.2, 0) is 10.0 Å². The topological polar surface area (TPSA) is 69.6 Å². The summed E-state index contributed by atoms with van der Waals surface area (Å²) in [5.74, 6) is 0.254.